The van der Waals surface area contributed by atoms with Crippen LogP contribution in [0.4, 0.5) is 11.4 Å². The van der Waals surface area contributed by atoms with Crippen molar-refractivity contribution in [1.29, 1.82) is 0 Å². The number of allylic oxidation sites excluding steroid dienone is 1. The highest BCUT2D eigenvalue weighted by atomic mass is 16.6. The van der Waals surface area contributed by atoms with Gasteiger partial charge in [0.2, 0.25) is 0 Å². The van der Waals surface area contributed by atoms with Gasteiger partial charge in [0.05, 0.1) is 11.5 Å². The molecule has 0 amide bonds. The minimum atomic E-state index is -0.446. The molecule has 0 saturated carbocycles. The Bertz CT molecular complexity index is 656. The second-order valence-corrected chi connectivity index (χ2v) is 7.23. The van der Waals surface area contributed by atoms with E-state index in [2.05, 4.69) is 32.6 Å². The van der Waals surface area contributed by atoms with Gasteiger partial charge >= 0.3 is 5.97 Å². The summed E-state index contributed by atoms with van der Waals surface area (Å²) in [6.45, 7) is 13.7. The van der Waals surface area contributed by atoms with Crippen LogP contribution in [0.15, 0.2) is 24.3 Å². The quantitative estimate of drug-likeness (QED) is 0.276. The monoisotopic (exact) mass is 362 g/mol. The van der Waals surface area contributed by atoms with Crippen LogP contribution in [0, 0.1) is 22.0 Å². The smallest absolute Gasteiger partial charge is 0.331 e. The van der Waals surface area contributed by atoms with Crippen LogP contribution in [0.1, 0.15) is 47.1 Å². The van der Waals surface area contributed by atoms with Crippen LogP contribution in [-0.4, -0.2) is 30.6 Å². The number of ether oxygens (including phenoxy) is 1. The predicted molar refractivity (Wildman–Crippen MR) is 105 cm³/mol. The molecule has 0 aliphatic heterocycles. The van der Waals surface area contributed by atoms with E-state index in [1.807, 2.05) is 6.07 Å². The normalized spacial score (nSPS) is 11.8. The van der Waals surface area contributed by atoms with E-state index in [-0.39, 0.29) is 10.6 Å². The van der Waals surface area contributed by atoms with Gasteiger partial charge in [-0.05, 0) is 42.9 Å². The Hall–Kier alpha value is -2.37. The van der Waals surface area contributed by atoms with E-state index < -0.39 is 5.97 Å². The molecule has 1 rings (SSSR count). The van der Waals surface area contributed by atoms with Crippen molar-refractivity contribution >= 4 is 22.9 Å². The lowest BCUT2D eigenvalue weighted by atomic mass is 10.0. The number of carbonyl (C=O) groups is 1. The van der Waals surface area contributed by atoms with Crippen molar-refractivity contribution in [3.8, 4) is 0 Å². The van der Waals surface area contributed by atoms with Gasteiger partial charge in [0, 0.05) is 25.2 Å². The summed E-state index contributed by atoms with van der Waals surface area (Å²) in [6.07, 6.45) is 1.36. The maximum atomic E-state index is 11.7. The summed E-state index contributed by atoms with van der Waals surface area (Å²) in [5.74, 6) is 0.329. The Balaban J connectivity index is 3.30. The highest BCUT2D eigenvalue weighted by Crippen LogP contribution is 2.32. The molecule has 0 aliphatic carbocycles. The topological polar surface area (TPSA) is 72.7 Å². The number of esters is 1. The number of nitrogens with zero attached hydrogens (tertiary/aromatic N) is 2. The Labute approximate surface area is 156 Å². The van der Waals surface area contributed by atoms with Crippen LogP contribution in [0.3, 0.4) is 0 Å². The van der Waals surface area contributed by atoms with Crippen LogP contribution in [0.25, 0.3) is 5.57 Å². The third kappa shape index (κ3) is 6.50. The second kappa shape index (κ2) is 9.94. The molecule has 0 unspecified atom stereocenters. The second-order valence-electron chi connectivity index (χ2n) is 7.23. The molecule has 26 heavy (non-hydrogen) atoms. The molecule has 6 heteroatoms. The summed E-state index contributed by atoms with van der Waals surface area (Å²) in [6, 6.07) is 5.13. The molecule has 0 atom stereocenters. The predicted octanol–water partition coefficient (Wildman–Crippen LogP) is 4.68. The number of nitro benzene ring substituents is 1. The van der Waals surface area contributed by atoms with E-state index in [4.69, 9.17) is 4.74 Å². The fraction of sp³-hybridized carbons (Fsp3) is 0.550. The fourth-order valence-corrected chi connectivity index (χ4v) is 2.78. The number of benzene rings is 1. The first-order valence-corrected chi connectivity index (χ1v) is 9.04. The first-order chi connectivity index (χ1) is 12.1. The van der Waals surface area contributed by atoms with Crippen molar-refractivity contribution < 1.29 is 14.5 Å². The van der Waals surface area contributed by atoms with E-state index in [9.17, 15) is 14.9 Å². The van der Waals surface area contributed by atoms with Crippen molar-refractivity contribution in [2.24, 2.45) is 11.8 Å². The maximum absolute atomic E-state index is 11.7. The summed E-state index contributed by atoms with van der Waals surface area (Å²) in [7, 11) is 0. The zero-order valence-electron chi connectivity index (χ0n) is 16.6. The highest BCUT2D eigenvalue weighted by Gasteiger charge is 2.22. The third-order valence-corrected chi connectivity index (χ3v) is 3.76. The SMILES string of the molecule is CCOC(=O)/C=C(/C)c1ccc(N(CC(C)C)CC(C)C)c([N+](=O)[O-])c1. The molecular weight excluding hydrogens is 332 g/mol. The molecule has 0 heterocycles. The fourth-order valence-electron chi connectivity index (χ4n) is 2.78. The third-order valence-electron chi connectivity index (χ3n) is 3.76. The molecule has 0 bridgehead atoms. The van der Waals surface area contributed by atoms with E-state index in [1.54, 1.807) is 19.9 Å². The van der Waals surface area contributed by atoms with Gasteiger partial charge in [-0.3, -0.25) is 10.1 Å². The van der Waals surface area contributed by atoms with Gasteiger partial charge < -0.3 is 9.64 Å². The van der Waals surface area contributed by atoms with Gasteiger partial charge in [0.15, 0.2) is 0 Å². The minimum Gasteiger partial charge on any atom is -0.463 e. The van der Waals surface area contributed by atoms with Gasteiger partial charge in [-0.2, -0.15) is 0 Å². The van der Waals surface area contributed by atoms with Crippen LogP contribution in [0.5, 0.6) is 0 Å². The number of carbonyl (C=O) groups excluding carboxylic acids is 1. The molecule has 0 spiro atoms. The minimum absolute atomic E-state index is 0.0559. The largest absolute Gasteiger partial charge is 0.463 e. The van der Waals surface area contributed by atoms with Crippen LogP contribution >= 0.6 is 0 Å². The van der Waals surface area contributed by atoms with Crippen molar-refractivity contribution in [2.75, 3.05) is 24.6 Å². The first-order valence-electron chi connectivity index (χ1n) is 9.04. The van der Waals surface area contributed by atoms with Gasteiger partial charge in [-0.1, -0.05) is 33.8 Å². The maximum Gasteiger partial charge on any atom is 0.331 e. The van der Waals surface area contributed by atoms with E-state index in [0.29, 0.717) is 35.3 Å². The van der Waals surface area contributed by atoms with Gasteiger partial charge in [0.1, 0.15) is 5.69 Å². The molecule has 0 saturated heterocycles. The van der Waals surface area contributed by atoms with Crippen LogP contribution in [0.2, 0.25) is 0 Å². The average molecular weight is 362 g/mol. The molecule has 0 fully saturated rings. The van der Waals surface area contributed by atoms with Crippen molar-refractivity contribution in [3.63, 3.8) is 0 Å². The molecular formula is C20H30N2O4. The lowest BCUT2D eigenvalue weighted by molar-refractivity contribution is -0.384. The Kier molecular flexibility index (Phi) is 8.29. The van der Waals surface area contributed by atoms with Crippen molar-refractivity contribution in [3.05, 3.63) is 40.0 Å². The van der Waals surface area contributed by atoms with E-state index >= 15 is 0 Å². The van der Waals surface area contributed by atoms with Crippen LogP contribution < -0.4 is 4.90 Å². The molecule has 1 aromatic rings. The summed E-state index contributed by atoms with van der Waals surface area (Å²) < 4.78 is 4.90. The zero-order valence-corrected chi connectivity index (χ0v) is 16.6. The van der Waals surface area contributed by atoms with Crippen molar-refractivity contribution in [2.45, 2.75) is 41.5 Å². The number of anilines is 1. The Morgan fingerprint density at radius 1 is 1.23 bits per heavy atom. The molecule has 144 valence electrons. The number of hydrogen-bond donors (Lipinski definition) is 0. The lowest BCUT2D eigenvalue weighted by Gasteiger charge is -2.28. The van der Waals surface area contributed by atoms with Gasteiger partial charge in [-0.15, -0.1) is 0 Å². The van der Waals surface area contributed by atoms with E-state index in [1.165, 1.54) is 12.1 Å². The average Bonchev–Trinajstić information content (AvgIpc) is 2.52. The number of nitro groups is 1. The first kappa shape index (κ1) is 21.7. The molecule has 6 nitrogen and oxygen atoms in total. The Morgan fingerprint density at radius 3 is 2.27 bits per heavy atom. The zero-order chi connectivity index (χ0) is 19.9. The highest BCUT2D eigenvalue weighted by molar-refractivity contribution is 5.91. The Morgan fingerprint density at radius 2 is 1.81 bits per heavy atom. The number of hydrogen-bond acceptors (Lipinski definition) is 5. The summed E-state index contributed by atoms with van der Waals surface area (Å²) in [5, 5.41) is 11.7. The molecule has 0 radical (unpaired) electrons. The van der Waals surface area contributed by atoms with Gasteiger partial charge in [0.25, 0.3) is 5.69 Å². The lowest BCUT2D eigenvalue weighted by Crippen LogP contribution is -2.31. The summed E-state index contributed by atoms with van der Waals surface area (Å²) in [4.78, 5) is 25.0. The standard InChI is InChI=1S/C20H30N2O4/c1-7-26-20(23)10-16(6)17-8-9-18(19(11-17)22(24)25)21(12-14(2)3)13-15(4)5/h8-11,14-15H,7,12-13H2,1-6H3/b16-10-. The molecule has 0 aromatic heterocycles. The molecule has 0 aliphatic rings. The van der Waals surface area contributed by atoms with Crippen LogP contribution in [-0.2, 0) is 9.53 Å². The van der Waals surface area contributed by atoms with Gasteiger partial charge in [-0.25, -0.2) is 4.79 Å². The number of rotatable bonds is 9. The van der Waals surface area contributed by atoms with Crippen molar-refractivity contribution in [1.82, 2.24) is 0 Å². The summed E-state index contributed by atoms with van der Waals surface area (Å²) >= 11 is 0. The van der Waals surface area contributed by atoms with E-state index in [0.717, 1.165) is 13.1 Å². The molecule has 1 aromatic carbocycles. The summed E-state index contributed by atoms with van der Waals surface area (Å²) in [5.41, 5.74) is 1.95. The molecule has 0 N–H and O–H groups in total.